The molecule has 21 heavy (non-hydrogen) atoms. The van der Waals surface area contributed by atoms with Gasteiger partial charge in [-0.15, -0.1) is 0 Å². The molecule has 102 valence electrons. The van der Waals surface area contributed by atoms with E-state index >= 15 is 0 Å². The average molecular weight is 274 g/mol. The van der Waals surface area contributed by atoms with E-state index in [-0.39, 0.29) is 0 Å². The summed E-state index contributed by atoms with van der Waals surface area (Å²) in [6, 6.07) is 21.6. The zero-order valence-corrected chi connectivity index (χ0v) is 11.4. The normalized spacial score (nSPS) is 11.3. The maximum absolute atomic E-state index is 10.9. The first kappa shape index (κ1) is 13.1. The Labute approximate surface area is 123 Å². The van der Waals surface area contributed by atoms with Crippen LogP contribution < -0.4 is 0 Å². The van der Waals surface area contributed by atoms with E-state index in [0.29, 0.717) is 0 Å². The maximum atomic E-state index is 10.9. The Bertz CT molecular complexity index is 758. The van der Waals surface area contributed by atoms with Crippen LogP contribution >= 0.6 is 0 Å². The molecule has 0 aliphatic heterocycles. The fourth-order valence-electron chi connectivity index (χ4n) is 2.20. The number of hydrogen-bond donors (Lipinski definition) is 0. The van der Waals surface area contributed by atoms with E-state index in [4.69, 9.17) is 0 Å². The van der Waals surface area contributed by atoms with Gasteiger partial charge in [-0.25, -0.2) is 4.68 Å². The van der Waals surface area contributed by atoms with Gasteiger partial charge in [-0.3, -0.25) is 4.79 Å². The Morgan fingerprint density at radius 2 is 1.57 bits per heavy atom. The molecule has 0 saturated heterocycles. The van der Waals surface area contributed by atoms with E-state index in [1.54, 1.807) is 4.68 Å². The van der Waals surface area contributed by atoms with Crippen molar-refractivity contribution in [3.63, 3.8) is 0 Å². The van der Waals surface area contributed by atoms with Crippen molar-refractivity contribution in [3.8, 4) is 11.3 Å². The standard InChI is InChI=1S/C18H14N2O/c21-14-12-18(16-9-5-2-6-10-16)20-13-11-17(19-20)15-7-3-1-4-8-15/h1-14H/b18-12+. The van der Waals surface area contributed by atoms with Gasteiger partial charge in [0.1, 0.15) is 6.29 Å². The van der Waals surface area contributed by atoms with E-state index in [1.807, 2.05) is 72.9 Å². The summed E-state index contributed by atoms with van der Waals surface area (Å²) in [5, 5.41) is 4.57. The van der Waals surface area contributed by atoms with Gasteiger partial charge < -0.3 is 0 Å². The molecule has 0 aliphatic carbocycles. The number of carbonyl (C=O) groups is 1. The Balaban J connectivity index is 2.01. The highest BCUT2D eigenvalue weighted by atomic mass is 16.1. The summed E-state index contributed by atoms with van der Waals surface area (Å²) in [4.78, 5) is 10.9. The van der Waals surface area contributed by atoms with E-state index in [1.165, 1.54) is 6.08 Å². The lowest BCUT2D eigenvalue weighted by atomic mass is 10.1. The fraction of sp³-hybridized carbons (Fsp3) is 0. The first-order chi connectivity index (χ1) is 10.4. The second kappa shape index (κ2) is 6.01. The Kier molecular flexibility index (Phi) is 3.74. The van der Waals surface area contributed by atoms with Gasteiger partial charge >= 0.3 is 0 Å². The van der Waals surface area contributed by atoms with Crippen molar-refractivity contribution in [2.45, 2.75) is 0 Å². The second-order valence-electron chi connectivity index (χ2n) is 4.57. The molecule has 0 fully saturated rings. The summed E-state index contributed by atoms with van der Waals surface area (Å²) in [7, 11) is 0. The van der Waals surface area contributed by atoms with Gasteiger partial charge in [0.2, 0.25) is 0 Å². The Morgan fingerprint density at radius 3 is 2.24 bits per heavy atom. The molecule has 1 aromatic heterocycles. The number of aromatic nitrogens is 2. The predicted molar refractivity (Wildman–Crippen MR) is 83.5 cm³/mol. The van der Waals surface area contributed by atoms with Crippen molar-refractivity contribution >= 4 is 12.0 Å². The van der Waals surface area contributed by atoms with Crippen molar-refractivity contribution in [3.05, 3.63) is 84.6 Å². The summed E-state index contributed by atoms with van der Waals surface area (Å²) in [6.07, 6.45) is 4.17. The van der Waals surface area contributed by atoms with E-state index in [9.17, 15) is 4.79 Å². The van der Waals surface area contributed by atoms with Crippen molar-refractivity contribution in [2.24, 2.45) is 0 Å². The van der Waals surface area contributed by atoms with E-state index < -0.39 is 0 Å². The molecule has 0 aliphatic rings. The molecule has 0 atom stereocenters. The summed E-state index contributed by atoms with van der Waals surface area (Å²) >= 11 is 0. The molecule has 3 aromatic rings. The zero-order valence-electron chi connectivity index (χ0n) is 11.4. The minimum absolute atomic E-state index is 0.757. The second-order valence-corrected chi connectivity index (χ2v) is 4.57. The number of carbonyl (C=O) groups excluding carboxylic acids is 1. The molecule has 0 radical (unpaired) electrons. The lowest BCUT2D eigenvalue weighted by molar-refractivity contribution is -0.104. The van der Waals surface area contributed by atoms with Crippen LogP contribution in [0.25, 0.3) is 17.0 Å². The topological polar surface area (TPSA) is 34.9 Å². The van der Waals surface area contributed by atoms with E-state index in [0.717, 1.165) is 28.8 Å². The Hall–Kier alpha value is -2.94. The molecule has 0 saturated carbocycles. The van der Waals surface area contributed by atoms with Crippen LogP contribution in [0.1, 0.15) is 5.56 Å². The third-order valence-corrected chi connectivity index (χ3v) is 3.20. The molecule has 0 N–H and O–H groups in total. The monoisotopic (exact) mass is 274 g/mol. The molecule has 1 heterocycles. The summed E-state index contributed by atoms with van der Waals surface area (Å²) in [5.41, 5.74) is 3.64. The minimum atomic E-state index is 0.757. The zero-order chi connectivity index (χ0) is 14.5. The average Bonchev–Trinajstić information content (AvgIpc) is 3.04. The SMILES string of the molecule is O=C/C=C(\c1ccccc1)n1ccc(-c2ccccc2)n1. The van der Waals surface area contributed by atoms with Crippen LogP contribution in [0.3, 0.4) is 0 Å². The fourth-order valence-corrected chi connectivity index (χ4v) is 2.20. The third kappa shape index (κ3) is 2.82. The van der Waals surface area contributed by atoms with Crippen LogP contribution in [0, 0.1) is 0 Å². The number of benzene rings is 2. The lowest BCUT2D eigenvalue weighted by Crippen LogP contribution is -2.00. The summed E-state index contributed by atoms with van der Waals surface area (Å²) in [6.45, 7) is 0. The van der Waals surface area contributed by atoms with Crippen LogP contribution in [0.15, 0.2) is 79.0 Å². The molecule has 3 rings (SSSR count). The summed E-state index contributed by atoms with van der Waals surface area (Å²) < 4.78 is 1.73. The minimum Gasteiger partial charge on any atom is -0.298 e. The van der Waals surface area contributed by atoms with Crippen LogP contribution in [0.2, 0.25) is 0 Å². The van der Waals surface area contributed by atoms with Crippen molar-refractivity contribution in [2.75, 3.05) is 0 Å². The van der Waals surface area contributed by atoms with Crippen molar-refractivity contribution < 1.29 is 4.79 Å². The van der Waals surface area contributed by atoms with Gasteiger partial charge in [-0.2, -0.15) is 5.10 Å². The number of rotatable bonds is 4. The molecule has 3 heteroatoms. The van der Waals surface area contributed by atoms with E-state index in [2.05, 4.69) is 5.10 Å². The van der Waals surface area contributed by atoms with Gasteiger partial charge in [0.15, 0.2) is 0 Å². The molecule has 0 unspecified atom stereocenters. The van der Waals surface area contributed by atoms with Crippen LogP contribution in [0.5, 0.6) is 0 Å². The molecule has 3 nitrogen and oxygen atoms in total. The highest BCUT2D eigenvalue weighted by Gasteiger charge is 2.07. The summed E-state index contributed by atoms with van der Waals surface area (Å²) in [5.74, 6) is 0. The molecule has 0 bridgehead atoms. The predicted octanol–water partition coefficient (Wildman–Crippen LogP) is 3.64. The van der Waals surface area contributed by atoms with Crippen LogP contribution in [-0.2, 0) is 4.79 Å². The van der Waals surface area contributed by atoms with Crippen molar-refractivity contribution in [1.82, 2.24) is 9.78 Å². The number of hydrogen-bond acceptors (Lipinski definition) is 2. The molecular formula is C18H14N2O. The first-order valence-corrected chi connectivity index (χ1v) is 6.71. The van der Waals surface area contributed by atoms with Crippen LogP contribution in [0.4, 0.5) is 0 Å². The van der Waals surface area contributed by atoms with Crippen molar-refractivity contribution in [1.29, 1.82) is 0 Å². The van der Waals surface area contributed by atoms with Gasteiger partial charge in [0, 0.05) is 23.4 Å². The number of nitrogens with zero attached hydrogens (tertiary/aromatic N) is 2. The highest BCUT2D eigenvalue weighted by molar-refractivity contribution is 5.81. The largest absolute Gasteiger partial charge is 0.298 e. The Morgan fingerprint density at radius 1 is 0.905 bits per heavy atom. The number of allylic oxidation sites excluding steroid dienone is 1. The maximum Gasteiger partial charge on any atom is 0.145 e. The van der Waals surface area contributed by atoms with Crippen LogP contribution in [-0.4, -0.2) is 16.1 Å². The first-order valence-electron chi connectivity index (χ1n) is 6.71. The van der Waals surface area contributed by atoms with Gasteiger partial charge in [-0.05, 0) is 6.07 Å². The third-order valence-electron chi connectivity index (χ3n) is 3.20. The van der Waals surface area contributed by atoms with Gasteiger partial charge in [0.25, 0.3) is 0 Å². The smallest absolute Gasteiger partial charge is 0.145 e. The molecule has 0 spiro atoms. The highest BCUT2D eigenvalue weighted by Crippen LogP contribution is 2.20. The number of aldehydes is 1. The molecule has 0 amide bonds. The lowest BCUT2D eigenvalue weighted by Gasteiger charge is -2.06. The van der Waals surface area contributed by atoms with Gasteiger partial charge in [0.05, 0.1) is 11.4 Å². The molecule has 2 aromatic carbocycles. The molecular weight excluding hydrogens is 260 g/mol. The van der Waals surface area contributed by atoms with Gasteiger partial charge in [-0.1, -0.05) is 60.7 Å². The quantitative estimate of drug-likeness (QED) is 0.538.